The molecular weight excluding hydrogens is 328 g/mol. The van der Waals surface area contributed by atoms with Crippen LogP contribution in [0.2, 0.25) is 0 Å². The van der Waals surface area contributed by atoms with Crippen LogP contribution in [0.5, 0.6) is 0 Å². The van der Waals surface area contributed by atoms with E-state index >= 15 is 0 Å². The second-order valence-electron chi connectivity index (χ2n) is 7.51. The lowest BCUT2D eigenvalue weighted by Gasteiger charge is -2.11. The number of fused-ring (bicyclic) bond motifs is 1. The summed E-state index contributed by atoms with van der Waals surface area (Å²) in [5, 5.41) is 11.8. The highest BCUT2D eigenvalue weighted by Gasteiger charge is 2.06. The first-order valence-electron chi connectivity index (χ1n) is 10.5. The van der Waals surface area contributed by atoms with Crippen LogP contribution in [0, 0.1) is 0 Å². The highest BCUT2D eigenvalue weighted by atomic mass is 16.2. The summed E-state index contributed by atoms with van der Waals surface area (Å²) >= 11 is 0. The van der Waals surface area contributed by atoms with Crippen molar-refractivity contribution in [3.63, 3.8) is 0 Å². The van der Waals surface area contributed by atoms with Gasteiger partial charge in [-0.15, -0.1) is 0 Å². The summed E-state index contributed by atoms with van der Waals surface area (Å²) < 4.78 is 0. The fraction of sp³-hybridized carbons (Fsp3) is 0.385. The summed E-state index contributed by atoms with van der Waals surface area (Å²) in [6.07, 6.45) is 10.5. The zero-order valence-corrected chi connectivity index (χ0v) is 16.4. The van der Waals surface area contributed by atoms with E-state index in [0.29, 0.717) is 6.61 Å². The van der Waals surface area contributed by atoms with Crippen LogP contribution in [0.3, 0.4) is 0 Å². The largest absolute Gasteiger partial charge is 0.396 e. The Kier molecular flexibility index (Phi) is 7.92. The summed E-state index contributed by atoms with van der Waals surface area (Å²) in [6.45, 7) is 0.292. The van der Waals surface area contributed by atoms with Gasteiger partial charge in [0.1, 0.15) is 0 Å². The van der Waals surface area contributed by atoms with Crippen molar-refractivity contribution in [2.24, 2.45) is 0 Å². The summed E-state index contributed by atoms with van der Waals surface area (Å²) in [5.41, 5.74) is 4.37. The molecule has 0 radical (unpaired) electrons. The van der Waals surface area contributed by atoms with Gasteiger partial charge >= 0.3 is 0 Å². The molecule has 0 amide bonds. The second-order valence-corrected chi connectivity index (χ2v) is 7.51. The van der Waals surface area contributed by atoms with E-state index in [2.05, 4.69) is 66.7 Å². The third-order valence-corrected chi connectivity index (χ3v) is 5.46. The van der Waals surface area contributed by atoms with Crippen LogP contribution in [0.1, 0.15) is 55.2 Å². The van der Waals surface area contributed by atoms with Crippen LogP contribution in [-0.2, 0) is 19.3 Å². The zero-order valence-electron chi connectivity index (χ0n) is 16.4. The van der Waals surface area contributed by atoms with Crippen molar-refractivity contribution in [3.05, 3.63) is 83.4 Å². The van der Waals surface area contributed by atoms with Crippen LogP contribution in [0.25, 0.3) is 10.8 Å². The predicted molar refractivity (Wildman–Crippen MR) is 116 cm³/mol. The summed E-state index contributed by atoms with van der Waals surface area (Å²) in [7, 11) is 0. The van der Waals surface area contributed by atoms with Gasteiger partial charge in [0, 0.05) is 6.61 Å². The van der Waals surface area contributed by atoms with Crippen molar-refractivity contribution in [2.45, 2.75) is 57.8 Å². The van der Waals surface area contributed by atoms with Gasteiger partial charge in [0.05, 0.1) is 0 Å². The lowest BCUT2D eigenvalue weighted by atomic mass is 9.94. The maximum Gasteiger partial charge on any atom is 0.0431 e. The number of rotatable bonds is 11. The van der Waals surface area contributed by atoms with Gasteiger partial charge in [-0.25, -0.2) is 0 Å². The van der Waals surface area contributed by atoms with Crippen LogP contribution >= 0.6 is 0 Å². The third-order valence-electron chi connectivity index (χ3n) is 5.46. The first-order chi connectivity index (χ1) is 13.4. The molecule has 1 nitrogen and oxygen atoms in total. The minimum absolute atomic E-state index is 0.292. The lowest BCUT2D eigenvalue weighted by molar-refractivity contribution is 0.284. The van der Waals surface area contributed by atoms with Gasteiger partial charge in [-0.1, -0.05) is 79.6 Å². The Morgan fingerprint density at radius 1 is 0.481 bits per heavy atom. The van der Waals surface area contributed by atoms with Gasteiger partial charge in [0.25, 0.3) is 0 Å². The molecule has 0 spiro atoms. The molecule has 0 aromatic heterocycles. The average Bonchev–Trinajstić information content (AvgIpc) is 2.72. The molecule has 142 valence electrons. The van der Waals surface area contributed by atoms with E-state index in [4.69, 9.17) is 5.11 Å². The van der Waals surface area contributed by atoms with Crippen molar-refractivity contribution in [1.29, 1.82) is 0 Å². The molecule has 0 aliphatic carbocycles. The number of benzene rings is 3. The van der Waals surface area contributed by atoms with Crippen LogP contribution in [0.4, 0.5) is 0 Å². The van der Waals surface area contributed by atoms with Gasteiger partial charge < -0.3 is 5.11 Å². The summed E-state index contributed by atoms with van der Waals surface area (Å²) in [6, 6.07) is 24.3. The monoisotopic (exact) mass is 360 g/mol. The number of unbranched alkanes of at least 4 members (excludes halogenated alkanes) is 4. The lowest BCUT2D eigenvalue weighted by Crippen LogP contribution is -1.94. The highest BCUT2D eigenvalue weighted by molar-refractivity contribution is 5.88. The van der Waals surface area contributed by atoms with Crippen LogP contribution in [-0.4, -0.2) is 11.7 Å². The molecule has 3 aromatic carbocycles. The van der Waals surface area contributed by atoms with Gasteiger partial charge in [0.15, 0.2) is 0 Å². The first kappa shape index (κ1) is 19.6. The first-order valence-corrected chi connectivity index (χ1v) is 10.5. The van der Waals surface area contributed by atoms with Crippen molar-refractivity contribution < 1.29 is 5.11 Å². The minimum Gasteiger partial charge on any atom is -0.396 e. The van der Waals surface area contributed by atoms with Crippen LogP contribution in [0.15, 0.2) is 66.7 Å². The van der Waals surface area contributed by atoms with Gasteiger partial charge in [-0.3, -0.25) is 0 Å². The molecule has 0 aliphatic rings. The number of aliphatic hydroxyl groups is 1. The van der Waals surface area contributed by atoms with Crippen molar-refractivity contribution >= 4 is 10.8 Å². The quantitative estimate of drug-likeness (QED) is 0.387. The molecule has 27 heavy (non-hydrogen) atoms. The molecule has 0 saturated carbocycles. The molecule has 0 unspecified atom stereocenters. The Hall–Kier alpha value is -2.12. The van der Waals surface area contributed by atoms with E-state index in [-0.39, 0.29) is 0 Å². The Morgan fingerprint density at radius 3 is 1.59 bits per heavy atom. The zero-order chi connectivity index (χ0) is 18.7. The van der Waals surface area contributed by atoms with E-state index in [9.17, 15) is 0 Å². The Morgan fingerprint density at radius 2 is 1.00 bits per heavy atom. The number of hydrogen-bond acceptors (Lipinski definition) is 1. The fourth-order valence-corrected chi connectivity index (χ4v) is 3.93. The van der Waals surface area contributed by atoms with Gasteiger partial charge in [0.2, 0.25) is 0 Å². The normalized spacial score (nSPS) is 11.1. The third kappa shape index (κ3) is 5.94. The topological polar surface area (TPSA) is 20.2 Å². The standard InChI is InChI=1S/C26H32O/c27-21-11-10-16-24-20-19-23(25-17-8-9-18-26(24)25)15-7-2-1-4-12-22-13-5-3-6-14-22/h3,5-6,8-9,13-14,17-20,27H,1-2,4,7,10-12,15-16,21H2. The maximum absolute atomic E-state index is 9.03. The van der Waals surface area contributed by atoms with Crippen molar-refractivity contribution in [2.75, 3.05) is 6.61 Å². The van der Waals surface area contributed by atoms with E-state index in [1.165, 1.54) is 66.0 Å². The molecular formula is C26H32O. The predicted octanol–water partition coefficient (Wildman–Crippen LogP) is 6.50. The summed E-state index contributed by atoms with van der Waals surface area (Å²) in [4.78, 5) is 0. The smallest absolute Gasteiger partial charge is 0.0431 e. The molecule has 1 N–H and O–H groups in total. The molecule has 0 heterocycles. The van der Waals surface area contributed by atoms with Gasteiger partial charge in [-0.2, -0.15) is 0 Å². The fourth-order valence-electron chi connectivity index (χ4n) is 3.93. The molecule has 0 aliphatic heterocycles. The Balaban J connectivity index is 1.50. The van der Waals surface area contributed by atoms with E-state index < -0.39 is 0 Å². The van der Waals surface area contributed by atoms with E-state index in [1.807, 2.05) is 0 Å². The van der Waals surface area contributed by atoms with Crippen molar-refractivity contribution in [3.8, 4) is 0 Å². The van der Waals surface area contributed by atoms with E-state index in [0.717, 1.165) is 19.3 Å². The Labute approximate surface area is 164 Å². The molecule has 3 rings (SSSR count). The van der Waals surface area contributed by atoms with Crippen molar-refractivity contribution in [1.82, 2.24) is 0 Å². The molecule has 0 atom stereocenters. The van der Waals surface area contributed by atoms with E-state index in [1.54, 1.807) is 0 Å². The molecule has 0 fully saturated rings. The summed E-state index contributed by atoms with van der Waals surface area (Å²) in [5.74, 6) is 0. The molecule has 3 aromatic rings. The number of aryl methyl sites for hydroxylation is 3. The van der Waals surface area contributed by atoms with Crippen LogP contribution < -0.4 is 0 Å². The molecule has 1 heteroatoms. The average molecular weight is 361 g/mol. The second kappa shape index (κ2) is 10.9. The number of hydrogen-bond donors (Lipinski definition) is 1. The minimum atomic E-state index is 0.292. The highest BCUT2D eigenvalue weighted by Crippen LogP contribution is 2.25. The SMILES string of the molecule is OCCCCc1ccc(CCCCCCc2ccccc2)c2ccccc12. The Bertz CT molecular complexity index is 807. The maximum atomic E-state index is 9.03. The molecule has 0 bridgehead atoms. The molecule has 0 saturated heterocycles. The number of aliphatic hydroxyl groups excluding tert-OH is 1. The van der Waals surface area contributed by atoms with Gasteiger partial charge in [-0.05, 0) is 72.4 Å².